The van der Waals surface area contributed by atoms with Crippen LogP contribution < -0.4 is 0 Å². The van der Waals surface area contributed by atoms with Crippen LogP contribution in [0, 0.1) is 0 Å². The smallest absolute Gasteiger partial charge is 0.457 e. The monoisotopic (exact) mass is 759 g/mol. The maximum absolute atomic E-state index is 12.6. The van der Waals surface area contributed by atoms with Crippen LogP contribution in [-0.2, 0) is 27.9 Å². The van der Waals surface area contributed by atoms with Crippen LogP contribution in [-0.4, -0.2) is 66.3 Å². The normalized spacial score (nSPS) is 14.5. The van der Waals surface area contributed by atoms with Crippen molar-refractivity contribution in [3.63, 3.8) is 0 Å². The molecule has 0 saturated carbocycles. The largest absolute Gasteiger partial charge is 0.472 e. The van der Waals surface area contributed by atoms with E-state index < -0.39 is 39.2 Å². The summed E-state index contributed by atoms with van der Waals surface area (Å²) in [5, 5.41) is 18.3. The quantitative estimate of drug-likeness (QED) is 0.0242. The van der Waals surface area contributed by atoms with Crippen LogP contribution in [0.3, 0.4) is 0 Å². The number of phosphoric acid groups is 1. The van der Waals surface area contributed by atoms with E-state index >= 15 is 0 Å². The number of allylic oxidation sites excluding steroid dienone is 6. The van der Waals surface area contributed by atoms with Crippen LogP contribution in [0.25, 0.3) is 0 Å². The molecule has 0 aromatic heterocycles. The van der Waals surface area contributed by atoms with Gasteiger partial charge in [-0.25, -0.2) is 4.57 Å². The fraction of sp³-hybridized carbons (Fsp3) is 0.833. The number of hydrogen-bond acceptors (Lipinski definition) is 8. The lowest BCUT2D eigenvalue weighted by atomic mass is 10.1. The topological polar surface area (TPSA) is 132 Å². The van der Waals surface area contributed by atoms with E-state index in [-0.39, 0.29) is 19.6 Å². The van der Waals surface area contributed by atoms with Crippen LogP contribution in [0.4, 0.5) is 0 Å². The molecule has 0 aliphatic rings. The number of rotatable bonds is 40. The summed E-state index contributed by atoms with van der Waals surface area (Å²) in [7, 11) is -4.52. The van der Waals surface area contributed by atoms with E-state index in [1.165, 1.54) is 89.9 Å². The average Bonchev–Trinajstić information content (AvgIpc) is 3.13. The molecule has 0 spiro atoms. The van der Waals surface area contributed by atoms with E-state index in [1.54, 1.807) is 0 Å². The van der Waals surface area contributed by atoms with Gasteiger partial charge in [-0.05, 0) is 70.6 Å². The van der Waals surface area contributed by atoms with Crippen molar-refractivity contribution in [1.82, 2.24) is 0 Å². The van der Waals surface area contributed by atoms with Gasteiger partial charge in [-0.1, -0.05) is 140 Å². The molecule has 3 N–H and O–H groups in total. The molecule has 0 fully saturated rings. The zero-order valence-corrected chi connectivity index (χ0v) is 34.2. The Kier molecular flexibility index (Phi) is 38.4. The molecule has 0 aliphatic carbocycles. The molecule has 0 rings (SSSR count). The highest BCUT2D eigenvalue weighted by atomic mass is 31.2. The Balaban J connectivity index is 4.17. The first-order valence-electron chi connectivity index (χ1n) is 21.0. The number of carbonyl (C=O) groups is 1. The fourth-order valence-corrected chi connectivity index (χ4v) is 6.35. The van der Waals surface area contributed by atoms with Crippen molar-refractivity contribution in [3.8, 4) is 0 Å². The Morgan fingerprint density at radius 2 is 1.04 bits per heavy atom. The van der Waals surface area contributed by atoms with Gasteiger partial charge < -0.3 is 24.6 Å². The zero-order valence-electron chi connectivity index (χ0n) is 33.3. The predicted molar refractivity (Wildman–Crippen MR) is 214 cm³/mol. The first kappa shape index (κ1) is 50.7. The number of unbranched alkanes of at least 4 members (excludes halogenated alkanes) is 20. The van der Waals surface area contributed by atoms with Gasteiger partial charge in [-0.3, -0.25) is 13.8 Å². The summed E-state index contributed by atoms with van der Waals surface area (Å²) in [6, 6.07) is 0. The Bertz CT molecular complexity index is 908. The lowest BCUT2D eigenvalue weighted by Crippen LogP contribution is -2.29. The molecule has 0 heterocycles. The molecular weight excluding hydrogens is 679 g/mol. The predicted octanol–water partition coefficient (Wildman–Crippen LogP) is 11.3. The summed E-state index contributed by atoms with van der Waals surface area (Å²) in [6.07, 6.45) is 41.0. The summed E-state index contributed by atoms with van der Waals surface area (Å²) >= 11 is 0. The highest BCUT2D eigenvalue weighted by Crippen LogP contribution is 2.43. The minimum Gasteiger partial charge on any atom is -0.457 e. The second-order valence-corrected chi connectivity index (χ2v) is 15.5. The molecule has 0 amide bonds. The van der Waals surface area contributed by atoms with E-state index in [0.29, 0.717) is 6.61 Å². The molecule has 10 heteroatoms. The molecule has 0 aromatic carbocycles. The second kappa shape index (κ2) is 39.4. The molecule has 52 heavy (non-hydrogen) atoms. The lowest BCUT2D eigenvalue weighted by molar-refractivity contribution is -0.154. The summed E-state index contributed by atoms with van der Waals surface area (Å²) in [5.41, 5.74) is 0. The molecule has 0 bridgehead atoms. The van der Waals surface area contributed by atoms with E-state index in [2.05, 4.69) is 50.3 Å². The maximum atomic E-state index is 12.6. The summed E-state index contributed by atoms with van der Waals surface area (Å²) in [6.45, 7) is 3.45. The Morgan fingerprint density at radius 3 is 1.60 bits per heavy atom. The molecule has 3 atom stereocenters. The van der Waals surface area contributed by atoms with E-state index in [1.807, 2.05) is 0 Å². The van der Waals surface area contributed by atoms with E-state index in [9.17, 15) is 19.4 Å². The van der Waals surface area contributed by atoms with Crippen molar-refractivity contribution in [1.29, 1.82) is 0 Å². The summed E-state index contributed by atoms with van der Waals surface area (Å²) in [5.74, 6) is -0.395. The molecule has 9 nitrogen and oxygen atoms in total. The Morgan fingerprint density at radius 1 is 0.596 bits per heavy atom. The third kappa shape index (κ3) is 38.4. The number of phosphoric ester groups is 1. The molecule has 306 valence electrons. The molecular formula is C42H79O9P. The van der Waals surface area contributed by atoms with Gasteiger partial charge in [0.2, 0.25) is 0 Å². The number of aliphatic hydroxyl groups is 2. The lowest BCUT2D eigenvalue weighted by Gasteiger charge is -2.20. The van der Waals surface area contributed by atoms with Gasteiger partial charge in [-0.2, -0.15) is 0 Å². The molecule has 3 unspecified atom stereocenters. The Hall–Kier alpha value is -1.32. The van der Waals surface area contributed by atoms with Crippen molar-refractivity contribution < 1.29 is 43.0 Å². The van der Waals surface area contributed by atoms with Gasteiger partial charge in [0.25, 0.3) is 0 Å². The van der Waals surface area contributed by atoms with Crippen LogP contribution >= 0.6 is 7.82 Å². The minimum atomic E-state index is -4.52. The number of esters is 1. The zero-order chi connectivity index (χ0) is 38.2. The van der Waals surface area contributed by atoms with Crippen molar-refractivity contribution >= 4 is 13.8 Å². The van der Waals surface area contributed by atoms with Crippen LogP contribution in [0.1, 0.15) is 181 Å². The third-order valence-electron chi connectivity index (χ3n) is 8.80. The first-order valence-corrected chi connectivity index (χ1v) is 22.5. The first-order chi connectivity index (χ1) is 25.3. The van der Waals surface area contributed by atoms with Crippen LogP contribution in [0.2, 0.25) is 0 Å². The standard InChI is InChI=1S/C42H79O9P/c1-3-5-7-9-11-13-15-17-18-19-20-21-22-23-25-27-29-31-33-35-48-38-41(39-50-52(46,47)49-37-40(44)36-43)51-42(45)34-32-30-28-26-24-16-14-12-10-8-6-4-2/h12-15,18-19,40-41,43-44H,3-11,16-17,20-39H2,1-2H3,(H,46,47)/b14-12-,15-13-,19-18-. The third-order valence-corrected chi connectivity index (χ3v) is 9.75. The summed E-state index contributed by atoms with van der Waals surface area (Å²) in [4.78, 5) is 22.5. The Labute approximate surface area is 318 Å². The van der Waals surface area contributed by atoms with Gasteiger partial charge in [-0.15, -0.1) is 0 Å². The fourth-order valence-electron chi connectivity index (χ4n) is 5.56. The van der Waals surface area contributed by atoms with Crippen molar-refractivity contribution in [2.45, 2.75) is 193 Å². The molecule has 0 radical (unpaired) electrons. The van der Waals surface area contributed by atoms with Crippen molar-refractivity contribution in [2.75, 3.05) is 33.0 Å². The highest BCUT2D eigenvalue weighted by molar-refractivity contribution is 7.47. The van der Waals surface area contributed by atoms with Crippen molar-refractivity contribution in [3.05, 3.63) is 36.5 Å². The number of hydrogen-bond donors (Lipinski definition) is 3. The number of aliphatic hydroxyl groups excluding tert-OH is 2. The number of ether oxygens (including phenoxy) is 2. The SMILES string of the molecule is CCCCC/C=C\CCCCCCCC(=O)OC(COCCCCCCCCCC/C=C\C/C=C\CCCCCC)COP(=O)(O)OCC(O)CO. The number of carbonyl (C=O) groups excluding carboxylic acids is 1. The van der Waals surface area contributed by atoms with Crippen LogP contribution in [0.15, 0.2) is 36.5 Å². The van der Waals surface area contributed by atoms with E-state index in [4.69, 9.17) is 23.6 Å². The van der Waals surface area contributed by atoms with Crippen molar-refractivity contribution in [2.24, 2.45) is 0 Å². The maximum Gasteiger partial charge on any atom is 0.472 e. The van der Waals surface area contributed by atoms with Crippen LogP contribution in [0.5, 0.6) is 0 Å². The summed E-state index contributed by atoms with van der Waals surface area (Å²) < 4.78 is 33.3. The minimum absolute atomic E-state index is 0.0424. The van der Waals surface area contributed by atoms with Gasteiger partial charge in [0.05, 0.1) is 26.4 Å². The average molecular weight is 759 g/mol. The van der Waals surface area contributed by atoms with Gasteiger partial charge in [0.1, 0.15) is 12.2 Å². The molecule has 0 aliphatic heterocycles. The van der Waals surface area contributed by atoms with Gasteiger partial charge in [0.15, 0.2) is 0 Å². The molecule has 0 saturated heterocycles. The van der Waals surface area contributed by atoms with Gasteiger partial charge >= 0.3 is 13.8 Å². The highest BCUT2D eigenvalue weighted by Gasteiger charge is 2.26. The van der Waals surface area contributed by atoms with Gasteiger partial charge in [0, 0.05) is 13.0 Å². The molecule has 0 aromatic rings. The van der Waals surface area contributed by atoms with E-state index in [0.717, 1.165) is 70.6 Å². The second-order valence-electron chi connectivity index (χ2n) is 14.0.